The molecule has 0 spiro atoms. The smallest absolute Gasteiger partial charge is 0.364 e. The van der Waals surface area contributed by atoms with E-state index in [9.17, 15) is 75.7 Å². The number of hydrogen-bond acceptors (Lipinski definition) is 20. The van der Waals surface area contributed by atoms with Crippen LogP contribution in [0.3, 0.4) is 0 Å². The number of hydrogen-bond donors (Lipinski definition) is 14. The molecule has 3 heterocycles. The van der Waals surface area contributed by atoms with Crippen molar-refractivity contribution in [1.82, 2.24) is 10.6 Å². The third-order valence-corrected chi connectivity index (χ3v) is 17.2. The van der Waals surface area contributed by atoms with Crippen LogP contribution >= 0.6 is 0 Å². The van der Waals surface area contributed by atoms with Gasteiger partial charge in [0.2, 0.25) is 11.8 Å². The second kappa shape index (κ2) is 45.7. The van der Waals surface area contributed by atoms with Crippen LogP contribution in [0.1, 0.15) is 239 Å². The number of unbranched alkanes of at least 4 members (excludes halogenated alkanes) is 28. The molecule has 0 saturated carbocycles. The quantitative estimate of drug-likeness (QED) is 0.0278. The molecule has 2 amide bonds. The van der Waals surface area contributed by atoms with Crippen molar-refractivity contribution >= 4 is 17.8 Å². The van der Waals surface area contributed by atoms with E-state index in [-0.39, 0.29) is 18.9 Å². The molecule has 3 aliphatic heterocycles. The SMILES string of the molecule is CCCC/C=C\CCCCCCCC(=O)NC(COC1OC(CO)C(OC2OC(CO)C(O)C(OC3(C(=O)O)CC(O)C(NC(C)=O)C(C(O)C(O)CO)O3)C2O)C(O)C1O)C(O)CCCCCCCCCCCCCCCCCCCCCCCC. The fourth-order valence-electron chi connectivity index (χ4n) is 11.8. The van der Waals surface area contributed by atoms with Gasteiger partial charge in [-0.15, -0.1) is 0 Å². The van der Waals surface area contributed by atoms with Gasteiger partial charge in [-0.3, -0.25) is 9.59 Å². The average molecular weight is 1250 g/mol. The van der Waals surface area contributed by atoms with Crippen LogP contribution in [0.2, 0.25) is 0 Å². The maximum atomic E-state index is 13.4. The lowest BCUT2D eigenvalue weighted by molar-refractivity contribution is -0.386. The summed E-state index contributed by atoms with van der Waals surface area (Å²) < 4.78 is 34.8. The van der Waals surface area contributed by atoms with Gasteiger partial charge in [0.15, 0.2) is 12.6 Å². The number of carboxylic acid groups (broad SMARTS) is 1. The normalized spacial score (nSPS) is 29.2. The number of aliphatic hydroxyl groups is 11. The summed E-state index contributed by atoms with van der Waals surface area (Å²) in [6.45, 7) is 2.15. The standard InChI is InChI=1S/C64H118N2O21/c1-4-6-8-10-12-14-16-17-18-19-20-21-22-23-24-25-26-28-29-31-33-35-37-46(71)45(66-51(74)38-36-34-32-30-27-15-13-11-9-7-5-2)43-82-61-56(78)55(77)58(50(42-69)84-61)85-62-57(79)60(54(76)49(41-68)83-62)87-64(63(80)81)39-47(72)52(65-44(3)70)59(86-64)53(75)48(73)40-67/h11,13,45-50,52-62,67-69,71-73,75-79H,4-10,12,14-43H2,1-3H3,(H,65,70)(H,66,74)(H,80,81)/b13-11-. The molecule has 87 heavy (non-hydrogen) atoms. The summed E-state index contributed by atoms with van der Waals surface area (Å²) in [5.74, 6) is -6.11. The van der Waals surface area contributed by atoms with Gasteiger partial charge < -0.3 is 100 Å². The Kier molecular flexibility index (Phi) is 41.3. The Labute approximate surface area is 518 Å². The van der Waals surface area contributed by atoms with Gasteiger partial charge in [-0.25, -0.2) is 4.79 Å². The Morgan fingerprint density at radius 3 is 1.59 bits per heavy atom. The van der Waals surface area contributed by atoms with Crippen molar-refractivity contribution in [3.05, 3.63) is 12.2 Å². The summed E-state index contributed by atoms with van der Waals surface area (Å²) in [5.41, 5.74) is 0. The number of amides is 2. The first-order chi connectivity index (χ1) is 41.9. The maximum Gasteiger partial charge on any atom is 0.364 e. The Morgan fingerprint density at radius 1 is 0.586 bits per heavy atom. The van der Waals surface area contributed by atoms with Crippen LogP contribution in [0.5, 0.6) is 0 Å². The first-order valence-electron chi connectivity index (χ1n) is 33.5. The van der Waals surface area contributed by atoms with Crippen LogP contribution in [0.15, 0.2) is 12.2 Å². The molecule has 23 heteroatoms. The number of carboxylic acids is 1. The molecule has 0 radical (unpaired) electrons. The second-order valence-electron chi connectivity index (χ2n) is 24.7. The molecule has 0 aromatic heterocycles. The van der Waals surface area contributed by atoms with E-state index in [0.29, 0.717) is 19.3 Å². The molecule has 3 fully saturated rings. The molecule has 0 aliphatic carbocycles. The number of carbonyl (C=O) groups excluding carboxylic acids is 2. The molecule has 0 aromatic carbocycles. The van der Waals surface area contributed by atoms with Crippen LogP contribution in [-0.2, 0) is 42.8 Å². The van der Waals surface area contributed by atoms with Crippen molar-refractivity contribution in [2.24, 2.45) is 0 Å². The molecular formula is C64H118N2O21. The number of ether oxygens (including phenoxy) is 6. The Morgan fingerprint density at radius 2 is 1.08 bits per heavy atom. The molecule has 3 aliphatic rings. The van der Waals surface area contributed by atoms with Crippen molar-refractivity contribution in [2.45, 2.75) is 349 Å². The van der Waals surface area contributed by atoms with Gasteiger partial charge in [-0.1, -0.05) is 199 Å². The summed E-state index contributed by atoms with van der Waals surface area (Å²) in [7, 11) is 0. The summed E-state index contributed by atoms with van der Waals surface area (Å²) in [5, 5.41) is 136. The molecule has 14 N–H and O–H groups in total. The molecule has 23 nitrogen and oxygen atoms in total. The monoisotopic (exact) mass is 1250 g/mol. The van der Waals surface area contributed by atoms with E-state index in [1.54, 1.807) is 0 Å². The lowest BCUT2D eigenvalue weighted by Crippen LogP contribution is -2.70. The molecule has 0 bridgehead atoms. The van der Waals surface area contributed by atoms with E-state index in [4.69, 9.17) is 28.4 Å². The molecule has 18 unspecified atom stereocenters. The minimum absolute atomic E-state index is 0.214. The van der Waals surface area contributed by atoms with Crippen LogP contribution < -0.4 is 10.6 Å². The van der Waals surface area contributed by atoms with Gasteiger partial charge in [0.1, 0.15) is 67.1 Å². The van der Waals surface area contributed by atoms with Crippen molar-refractivity contribution in [1.29, 1.82) is 0 Å². The predicted molar refractivity (Wildman–Crippen MR) is 325 cm³/mol. The van der Waals surface area contributed by atoms with E-state index in [1.807, 2.05) is 0 Å². The van der Waals surface area contributed by atoms with Crippen molar-refractivity contribution in [3.63, 3.8) is 0 Å². The van der Waals surface area contributed by atoms with Crippen LogP contribution in [0.25, 0.3) is 0 Å². The van der Waals surface area contributed by atoms with Crippen molar-refractivity contribution in [3.8, 4) is 0 Å². The number of allylic oxidation sites excluding steroid dienone is 2. The topological polar surface area (TPSA) is 373 Å². The van der Waals surface area contributed by atoms with E-state index < -0.39 is 148 Å². The average Bonchev–Trinajstić information content (AvgIpc) is 1.16. The van der Waals surface area contributed by atoms with Crippen molar-refractivity contribution < 1.29 is 104 Å². The van der Waals surface area contributed by atoms with Crippen LogP contribution in [0.4, 0.5) is 0 Å². The number of aliphatic hydroxyl groups excluding tert-OH is 11. The molecular weight excluding hydrogens is 1130 g/mol. The van der Waals surface area contributed by atoms with Gasteiger partial charge in [0.25, 0.3) is 5.79 Å². The first-order valence-corrected chi connectivity index (χ1v) is 33.5. The molecule has 3 rings (SSSR count). The van der Waals surface area contributed by atoms with E-state index in [1.165, 1.54) is 122 Å². The van der Waals surface area contributed by atoms with E-state index in [0.717, 1.165) is 71.1 Å². The Hall–Kier alpha value is -2.53. The number of aliphatic carboxylic acids is 1. The fraction of sp³-hybridized carbons (Fsp3) is 0.922. The molecule has 510 valence electrons. The summed E-state index contributed by atoms with van der Waals surface area (Å²) in [6.07, 6.45) is 12.4. The highest BCUT2D eigenvalue weighted by Gasteiger charge is 2.60. The summed E-state index contributed by atoms with van der Waals surface area (Å²) >= 11 is 0. The highest BCUT2D eigenvalue weighted by atomic mass is 16.8. The van der Waals surface area contributed by atoms with E-state index >= 15 is 0 Å². The largest absolute Gasteiger partial charge is 0.477 e. The summed E-state index contributed by atoms with van der Waals surface area (Å²) in [4.78, 5) is 38.4. The summed E-state index contributed by atoms with van der Waals surface area (Å²) in [6, 6.07) is -2.53. The first kappa shape index (κ1) is 78.7. The predicted octanol–water partition coefficient (Wildman–Crippen LogP) is 5.12. The zero-order valence-electron chi connectivity index (χ0n) is 52.9. The second-order valence-corrected chi connectivity index (χ2v) is 24.7. The number of carbonyl (C=O) groups is 3. The zero-order chi connectivity index (χ0) is 64.0. The molecule has 3 saturated heterocycles. The van der Waals surface area contributed by atoms with Gasteiger partial charge in [0.05, 0.1) is 50.7 Å². The van der Waals surface area contributed by atoms with Gasteiger partial charge in [0, 0.05) is 19.8 Å². The highest BCUT2D eigenvalue weighted by Crippen LogP contribution is 2.39. The molecule has 0 aromatic rings. The van der Waals surface area contributed by atoms with Gasteiger partial charge in [-0.2, -0.15) is 0 Å². The Bertz CT molecular complexity index is 1820. The minimum Gasteiger partial charge on any atom is -0.477 e. The maximum absolute atomic E-state index is 13.4. The van der Waals surface area contributed by atoms with Gasteiger partial charge in [-0.05, 0) is 32.1 Å². The third kappa shape index (κ3) is 28.9. The third-order valence-electron chi connectivity index (χ3n) is 17.2. The Balaban J connectivity index is 1.58. The molecule has 18 atom stereocenters. The van der Waals surface area contributed by atoms with Crippen LogP contribution in [-0.4, -0.2) is 215 Å². The number of nitrogens with one attached hydrogen (secondary N) is 2. The lowest BCUT2D eigenvalue weighted by Gasteiger charge is -2.50. The zero-order valence-corrected chi connectivity index (χ0v) is 52.9. The fourth-order valence-corrected chi connectivity index (χ4v) is 11.8. The van der Waals surface area contributed by atoms with Crippen LogP contribution in [0, 0.1) is 0 Å². The number of rotatable bonds is 50. The highest BCUT2D eigenvalue weighted by molar-refractivity contribution is 5.77. The van der Waals surface area contributed by atoms with E-state index in [2.05, 4.69) is 36.6 Å². The van der Waals surface area contributed by atoms with Crippen molar-refractivity contribution in [2.75, 3.05) is 26.4 Å². The lowest BCUT2D eigenvalue weighted by atomic mass is 9.88. The minimum atomic E-state index is -3.08. The van der Waals surface area contributed by atoms with Gasteiger partial charge >= 0.3 is 5.97 Å².